The van der Waals surface area contributed by atoms with Crippen LogP contribution in [0.4, 0.5) is 5.69 Å². The minimum Gasteiger partial charge on any atom is -0.459 e. The highest BCUT2D eigenvalue weighted by Gasteiger charge is 2.20. The second kappa shape index (κ2) is 10.6. The molecule has 1 heterocycles. The largest absolute Gasteiger partial charge is 0.459 e. The van der Waals surface area contributed by atoms with Gasteiger partial charge in [0.25, 0.3) is 0 Å². The van der Waals surface area contributed by atoms with Gasteiger partial charge in [0.15, 0.2) is 15.0 Å². The van der Waals surface area contributed by atoms with Gasteiger partial charge in [0.1, 0.15) is 11.6 Å². The van der Waals surface area contributed by atoms with E-state index < -0.39 is 15.8 Å². The molecule has 0 atom stereocenters. The highest BCUT2D eigenvalue weighted by molar-refractivity contribution is 7.99. The van der Waals surface area contributed by atoms with Crippen LogP contribution in [0.1, 0.15) is 30.0 Å². The summed E-state index contributed by atoms with van der Waals surface area (Å²) in [5.74, 6) is -0.772. The van der Waals surface area contributed by atoms with Crippen LogP contribution in [0.5, 0.6) is 0 Å². The van der Waals surface area contributed by atoms with Crippen molar-refractivity contribution in [2.75, 3.05) is 11.1 Å². The Bertz CT molecular complexity index is 1240. The molecule has 0 fully saturated rings. The van der Waals surface area contributed by atoms with Gasteiger partial charge in [-0.2, -0.15) is 0 Å². The van der Waals surface area contributed by atoms with E-state index in [-0.39, 0.29) is 34.2 Å². The third kappa shape index (κ3) is 6.65. The van der Waals surface area contributed by atoms with E-state index in [1.54, 1.807) is 67.9 Å². The van der Waals surface area contributed by atoms with Gasteiger partial charge in [-0.25, -0.2) is 13.2 Å². The van der Waals surface area contributed by atoms with E-state index in [0.717, 1.165) is 11.8 Å². The summed E-state index contributed by atoms with van der Waals surface area (Å²) >= 11 is 1.13. The number of sulfone groups is 1. The van der Waals surface area contributed by atoms with Crippen LogP contribution in [0.15, 0.2) is 64.6 Å². The fourth-order valence-corrected chi connectivity index (χ4v) is 4.87. The van der Waals surface area contributed by atoms with Crippen LogP contribution in [0.3, 0.4) is 0 Å². The Kier molecular flexibility index (Phi) is 7.88. The average Bonchev–Trinajstić information content (AvgIpc) is 3.11. The Labute approximate surface area is 196 Å². The smallest absolute Gasteiger partial charge is 0.338 e. The number of hydrogen-bond acceptors (Lipinski definition) is 8. The zero-order valence-corrected chi connectivity index (χ0v) is 20.0. The van der Waals surface area contributed by atoms with E-state index in [1.165, 1.54) is 12.1 Å². The van der Waals surface area contributed by atoms with Crippen molar-refractivity contribution in [1.82, 2.24) is 14.8 Å². The maximum atomic E-state index is 12.6. The second-order valence-electron chi connectivity index (χ2n) is 7.40. The lowest BCUT2D eigenvalue weighted by atomic mass is 10.2. The molecule has 0 aliphatic carbocycles. The molecule has 0 radical (unpaired) electrons. The Hall–Kier alpha value is -3.18. The number of benzene rings is 2. The summed E-state index contributed by atoms with van der Waals surface area (Å²) in [5, 5.41) is 11.1. The van der Waals surface area contributed by atoms with Crippen molar-refractivity contribution in [3.8, 4) is 0 Å². The van der Waals surface area contributed by atoms with Crippen LogP contribution in [-0.2, 0) is 32.2 Å². The lowest BCUT2D eigenvalue weighted by molar-refractivity contribution is -0.113. The predicted molar refractivity (Wildman–Crippen MR) is 125 cm³/mol. The fraction of sp³-hybridized carbons (Fsp3) is 0.273. The molecule has 0 saturated carbocycles. The van der Waals surface area contributed by atoms with E-state index in [1.807, 2.05) is 0 Å². The summed E-state index contributed by atoms with van der Waals surface area (Å²) in [6.07, 6.45) is -0.244. The van der Waals surface area contributed by atoms with Crippen molar-refractivity contribution >= 4 is 39.2 Å². The van der Waals surface area contributed by atoms with Gasteiger partial charge < -0.3 is 14.6 Å². The monoisotopic (exact) mass is 488 g/mol. The third-order valence-electron chi connectivity index (χ3n) is 4.40. The summed E-state index contributed by atoms with van der Waals surface area (Å²) in [5.41, 5.74) is 0.804. The Morgan fingerprint density at radius 2 is 1.82 bits per heavy atom. The SMILES string of the molecule is CC(C)OC(=O)c1cccc(NC(=O)CSc2nnc(CS(=O)(=O)c3ccccc3)n2C)c1. The van der Waals surface area contributed by atoms with E-state index >= 15 is 0 Å². The van der Waals surface area contributed by atoms with Crippen LogP contribution >= 0.6 is 11.8 Å². The molecule has 11 heteroatoms. The first kappa shape index (κ1) is 24.5. The highest BCUT2D eigenvalue weighted by Crippen LogP contribution is 2.20. The summed E-state index contributed by atoms with van der Waals surface area (Å²) in [6, 6.07) is 14.6. The number of carbonyl (C=O) groups excluding carboxylic acids is 2. The molecule has 174 valence electrons. The number of anilines is 1. The Balaban J connectivity index is 1.59. The van der Waals surface area contributed by atoms with Gasteiger partial charge in [0.2, 0.25) is 5.91 Å². The van der Waals surface area contributed by atoms with Crippen molar-refractivity contribution in [2.45, 2.75) is 35.8 Å². The maximum absolute atomic E-state index is 12.6. The minimum absolute atomic E-state index is 0.0259. The topological polar surface area (TPSA) is 120 Å². The van der Waals surface area contributed by atoms with E-state index in [0.29, 0.717) is 16.4 Å². The number of carbonyl (C=O) groups is 2. The number of thioether (sulfide) groups is 1. The zero-order chi connectivity index (χ0) is 24.0. The summed E-state index contributed by atoms with van der Waals surface area (Å²) in [4.78, 5) is 24.6. The molecular formula is C22H24N4O5S2. The van der Waals surface area contributed by atoms with Crippen LogP contribution in [-0.4, -0.2) is 46.9 Å². The summed E-state index contributed by atoms with van der Waals surface area (Å²) in [6.45, 7) is 3.52. The molecule has 33 heavy (non-hydrogen) atoms. The van der Waals surface area contributed by atoms with Crippen molar-refractivity contribution in [1.29, 1.82) is 0 Å². The third-order valence-corrected chi connectivity index (χ3v) is 7.05. The van der Waals surface area contributed by atoms with Crippen LogP contribution < -0.4 is 5.32 Å². The van der Waals surface area contributed by atoms with Gasteiger partial charge in [-0.15, -0.1) is 10.2 Å². The molecule has 0 spiro atoms. The summed E-state index contributed by atoms with van der Waals surface area (Å²) in [7, 11) is -1.91. The van der Waals surface area contributed by atoms with Gasteiger partial charge in [0, 0.05) is 12.7 Å². The van der Waals surface area contributed by atoms with Crippen molar-refractivity contribution in [3.63, 3.8) is 0 Å². The van der Waals surface area contributed by atoms with Crippen molar-refractivity contribution in [3.05, 3.63) is 66.0 Å². The first-order chi connectivity index (χ1) is 15.7. The van der Waals surface area contributed by atoms with E-state index in [4.69, 9.17) is 4.74 Å². The van der Waals surface area contributed by atoms with Gasteiger partial charge in [-0.3, -0.25) is 4.79 Å². The molecule has 0 unspecified atom stereocenters. The first-order valence-corrected chi connectivity index (χ1v) is 12.7. The maximum Gasteiger partial charge on any atom is 0.338 e. The van der Waals surface area contributed by atoms with Gasteiger partial charge in [0.05, 0.1) is 22.3 Å². The number of aromatic nitrogens is 3. The highest BCUT2D eigenvalue weighted by atomic mass is 32.2. The molecule has 1 amide bonds. The molecule has 9 nitrogen and oxygen atoms in total. The molecule has 2 aromatic carbocycles. The number of amides is 1. The minimum atomic E-state index is -3.56. The predicted octanol–water partition coefficient (Wildman–Crippen LogP) is 3.09. The van der Waals surface area contributed by atoms with Gasteiger partial charge >= 0.3 is 5.97 Å². The molecule has 0 bridgehead atoms. The second-order valence-corrected chi connectivity index (χ2v) is 10.3. The van der Waals surface area contributed by atoms with Crippen LogP contribution in [0.25, 0.3) is 0 Å². The number of rotatable bonds is 9. The number of ether oxygens (including phenoxy) is 1. The lowest BCUT2D eigenvalue weighted by Gasteiger charge is -2.10. The van der Waals surface area contributed by atoms with Crippen molar-refractivity contribution in [2.24, 2.45) is 7.05 Å². The standard InChI is InChI=1S/C22H24N4O5S2/c1-15(2)31-21(28)16-8-7-9-17(12-16)23-20(27)13-32-22-25-24-19(26(22)3)14-33(29,30)18-10-5-4-6-11-18/h4-12,15H,13-14H2,1-3H3,(H,23,27). The molecule has 0 aliphatic heterocycles. The van der Waals surface area contributed by atoms with Gasteiger partial charge in [-0.1, -0.05) is 36.0 Å². The van der Waals surface area contributed by atoms with Crippen LogP contribution in [0, 0.1) is 0 Å². The van der Waals surface area contributed by atoms with Crippen LogP contribution in [0.2, 0.25) is 0 Å². The molecule has 3 rings (SSSR count). The number of hydrogen-bond donors (Lipinski definition) is 1. The molecule has 3 aromatic rings. The summed E-state index contributed by atoms with van der Waals surface area (Å²) < 4.78 is 31.9. The average molecular weight is 489 g/mol. The molecular weight excluding hydrogens is 464 g/mol. The van der Waals surface area contributed by atoms with E-state index in [9.17, 15) is 18.0 Å². The quantitative estimate of drug-likeness (QED) is 0.360. The number of esters is 1. The lowest BCUT2D eigenvalue weighted by Crippen LogP contribution is -2.16. The molecule has 0 saturated heterocycles. The molecule has 0 aliphatic rings. The molecule has 1 N–H and O–H groups in total. The first-order valence-electron chi connectivity index (χ1n) is 10.1. The number of nitrogens with one attached hydrogen (secondary N) is 1. The zero-order valence-electron chi connectivity index (χ0n) is 18.4. The Morgan fingerprint density at radius 3 is 2.52 bits per heavy atom. The van der Waals surface area contributed by atoms with Crippen molar-refractivity contribution < 1.29 is 22.7 Å². The fourth-order valence-electron chi connectivity index (χ4n) is 2.81. The van der Waals surface area contributed by atoms with Gasteiger partial charge in [-0.05, 0) is 44.2 Å². The normalized spacial score (nSPS) is 11.4. The molecule has 1 aromatic heterocycles. The number of nitrogens with zero attached hydrogens (tertiary/aromatic N) is 3. The Morgan fingerprint density at radius 1 is 1.09 bits per heavy atom. The van der Waals surface area contributed by atoms with E-state index in [2.05, 4.69) is 15.5 Å².